The number of nitrogens with one attached hydrogen (secondary N) is 1. The molecule has 3 aromatic rings. The summed E-state index contributed by atoms with van der Waals surface area (Å²) in [6.45, 7) is 3.34. The number of nitrogens with zero attached hydrogens (tertiary/aromatic N) is 4. The smallest absolute Gasteiger partial charge is 0.453 e. The van der Waals surface area contributed by atoms with Crippen LogP contribution in [0, 0.1) is 13.8 Å². The Labute approximate surface area is 183 Å². The molecule has 0 aliphatic rings. The number of halogens is 6. The van der Waals surface area contributed by atoms with Gasteiger partial charge in [0.15, 0.2) is 0 Å². The SMILES string of the molecule is Cc1nc2nc(C(F)(F)F)nn2c(C)c1CCC(=O)NCCOc1ccc(C(F)(F)F)cc1. The van der Waals surface area contributed by atoms with Crippen molar-refractivity contribution < 1.29 is 35.9 Å². The number of amides is 1. The minimum Gasteiger partial charge on any atom is -0.492 e. The highest BCUT2D eigenvalue weighted by molar-refractivity contribution is 5.76. The lowest BCUT2D eigenvalue weighted by Gasteiger charge is -2.11. The van der Waals surface area contributed by atoms with Gasteiger partial charge in [-0.15, -0.1) is 5.10 Å². The molecule has 13 heteroatoms. The number of aromatic nitrogens is 4. The molecule has 0 unspecified atom stereocenters. The first-order valence-electron chi connectivity index (χ1n) is 9.73. The normalized spacial score (nSPS) is 12.2. The highest BCUT2D eigenvalue weighted by Gasteiger charge is 2.37. The number of fused-ring (bicyclic) bond motifs is 1. The van der Waals surface area contributed by atoms with E-state index in [2.05, 4.69) is 20.4 Å². The third-order valence-corrected chi connectivity index (χ3v) is 4.78. The summed E-state index contributed by atoms with van der Waals surface area (Å²) in [4.78, 5) is 19.6. The minimum atomic E-state index is -4.70. The summed E-state index contributed by atoms with van der Waals surface area (Å²) in [6, 6.07) is 4.17. The van der Waals surface area contributed by atoms with Crippen molar-refractivity contribution in [1.82, 2.24) is 24.9 Å². The van der Waals surface area contributed by atoms with Gasteiger partial charge < -0.3 is 10.1 Å². The molecule has 0 spiro atoms. The second-order valence-corrected chi connectivity index (χ2v) is 7.13. The van der Waals surface area contributed by atoms with Crippen LogP contribution in [0.5, 0.6) is 5.75 Å². The van der Waals surface area contributed by atoms with Crippen molar-refractivity contribution >= 4 is 11.7 Å². The van der Waals surface area contributed by atoms with Gasteiger partial charge in [-0.25, -0.2) is 9.50 Å². The van der Waals surface area contributed by atoms with E-state index >= 15 is 0 Å². The van der Waals surface area contributed by atoms with Crippen LogP contribution < -0.4 is 10.1 Å². The molecule has 0 atom stereocenters. The maximum atomic E-state index is 12.9. The van der Waals surface area contributed by atoms with Gasteiger partial charge in [-0.1, -0.05) is 0 Å². The summed E-state index contributed by atoms with van der Waals surface area (Å²) >= 11 is 0. The Hall–Kier alpha value is -3.38. The highest BCUT2D eigenvalue weighted by atomic mass is 19.4. The molecular formula is C20H19F6N5O2. The molecule has 0 radical (unpaired) electrons. The molecule has 3 rings (SSSR count). The van der Waals surface area contributed by atoms with E-state index in [4.69, 9.17) is 4.74 Å². The van der Waals surface area contributed by atoms with Crippen molar-refractivity contribution in [3.63, 3.8) is 0 Å². The first kappa shape index (κ1) is 24.3. The zero-order chi connectivity index (χ0) is 24.4. The van der Waals surface area contributed by atoms with E-state index in [9.17, 15) is 31.1 Å². The molecule has 0 fully saturated rings. The van der Waals surface area contributed by atoms with Gasteiger partial charge in [-0.2, -0.15) is 31.3 Å². The molecular weight excluding hydrogens is 456 g/mol. The van der Waals surface area contributed by atoms with Gasteiger partial charge in [0.1, 0.15) is 12.4 Å². The zero-order valence-corrected chi connectivity index (χ0v) is 17.5. The number of hydrogen-bond donors (Lipinski definition) is 1. The van der Waals surface area contributed by atoms with E-state index in [1.54, 1.807) is 13.8 Å². The van der Waals surface area contributed by atoms with Crippen LogP contribution >= 0.6 is 0 Å². The van der Waals surface area contributed by atoms with Crippen molar-refractivity contribution in [3.05, 3.63) is 52.6 Å². The van der Waals surface area contributed by atoms with Gasteiger partial charge in [0.25, 0.3) is 11.6 Å². The van der Waals surface area contributed by atoms with Crippen molar-refractivity contribution in [2.45, 2.75) is 39.0 Å². The first-order chi connectivity index (χ1) is 15.4. The average Bonchev–Trinajstić information content (AvgIpc) is 3.15. The van der Waals surface area contributed by atoms with E-state index in [1.807, 2.05) is 0 Å². The number of aryl methyl sites for hydroxylation is 2. The molecule has 1 amide bonds. The Kier molecular flexibility index (Phi) is 6.79. The fraction of sp³-hybridized carbons (Fsp3) is 0.400. The Morgan fingerprint density at radius 1 is 1.03 bits per heavy atom. The number of carbonyl (C=O) groups is 1. The van der Waals surface area contributed by atoms with Gasteiger partial charge in [-0.05, 0) is 50.1 Å². The lowest BCUT2D eigenvalue weighted by atomic mass is 10.1. The molecule has 33 heavy (non-hydrogen) atoms. The molecule has 1 aromatic carbocycles. The molecule has 2 heterocycles. The highest BCUT2D eigenvalue weighted by Crippen LogP contribution is 2.30. The summed E-state index contributed by atoms with van der Waals surface area (Å²) in [7, 11) is 0. The monoisotopic (exact) mass is 475 g/mol. The van der Waals surface area contributed by atoms with E-state index in [0.717, 1.165) is 16.6 Å². The molecule has 178 valence electrons. The minimum absolute atomic E-state index is 0.0377. The molecule has 0 bridgehead atoms. The summed E-state index contributed by atoms with van der Waals surface area (Å²) in [5, 5.41) is 6.07. The molecule has 0 aliphatic carbocycles. The van der Waals surface area contributed by atoms with Crippen LogP contribution in [-0.2, 0) is 23.6 Å². The fourth-order valence-electron chi connectivity index (χ4n) is 3.12. The Balaban J connectivity index is 1.51. The Morgan fingerprint density at radius 2 is 1.70 bits per heavy atom. The van der Waals surface area contributed by atoms with Crippen molar-refractivity contribution in [2.24, 2.45) is 0 Å². The maximum absolute atomic E-state index is 12.9. The van der Waals surface area contributed by atoms with Gasteiger partial charge >= 0.3 is 12.4 Å². The predicted octanol–water partition coefficient (Wildman–Crippen LogP) is 3.91. The van der Waals surface area contributed by atoms with Crippen LogP contribution in [0.3, 0.4) is 0 Å². The number of ether oxygens (including phenoxy) is 1. The van der Waals surface area contributed by atoms with Gasteiger partial charge in [0, 0.05) is 17.8 Å². The fourth-order valence-corrected chi connectivity index (χ4v) is 3.12. The van der Waals surface area contributed by atoms with Gasteiger partial charge in [-0.3, -0.25) is 4.79 Å². The molecule has 7 nitrogen and oxygen atoms in total. The lowest BCUT2D eigenvalue weighted by molar-refractivity contribution is -0.144. The van der Waals surface area contributed by atoms with Crippen molar-refractivity contribution in [1.29, 1.82) is 0 Å². The molecule has 0 aliphatic heterocycles. The van der Waals surface area contributed by atoms with Crippen molar-refractivity contribution in [2.75, 3.05) is 13.2 Å². The van der Waals surface area contributed by atoms with Crippen LogP contribution in [0.4, 0.5) is 26.3 Å². The topological polar surface area (TPSA) is 81.4 Å². The third-order valence-electron chi connectivity index (χ3n) is 4.78. The quantitative estimate of drug-likeness (QED) is 0.414. The van der Waals surface area contributed by atoms with Gasteiger partial charge in [0.05, 0.1) is 12.1 Å². The van der Waals surface area contributed by atoms with Crippen LogP contribution in [0.2, 0.25) is 0 Å². The molecule has 0 saturated heterocycles. The summed E-state index contributed by atoms with van der Waals surface area (Å²) < 4.78 is 82.5. The maximum Gasteiger partial charge on any atom is 0.453 e. The van der Waals surface area contributed by atoms with Crippen LogP contribution in [0.1, 0.15) is 34.8 Å². The molecule has 2 aromatic heterocycles. The van der Waals surface area contributed by atoms with E-state index < -0.39 is 23.7 Å². The summed E-state index contributed by atoms with van der Waals surface area (Å²) in [6.07, 6.45) is -8.88. The van der Waals surface area contributed by atoms with Crippen LogP contribution in [-0.4, -0.2) is 38.6 Å². The summed E-state index contributed by atoms with van der Waals surface area (Å²) in [5.41, 5.74) is 0.637. The molecule has 0 saturated carbocycles. The van der Waals surface area contributed by atoms with E-state index in [1.165, 1.54) is 12.1 Å². The lowest BCUT2D eigenvalue weighted by Crippen LogP contribution is -2.28. The number of alkyl halides is 6. The Morgan fingerprint density at radius 3 is 2.30 bits per heavy atom. The largest absolute Gasteiger partial charge is 0.492 e. The average molecular weight is 475 g/mol. The first-order valence-corrected chi connectivity index (χ1v) is 9.73. The second kappa shape index (κ2) is 9.24. The number of carbonyl (C=O) groups excluding carboxylic acids is 1. The zero-order valence-electron chi connectivity index (χ0n) is 17.5. The Bertz CT molecular complexity index is 1140. The van der Waals surface area contributed by atoms with Gasteiger partial charge in [0.2, 0.25) is 5.91 Å². The molecule has 1 N–H and O–H groups in total. The number of hydrogen-bond acceptors (Lipinski definition) is 5. The van der Waals surface area contributed by atoms with E-state index in [0.29, 0.717) is 17.0 Å². The summed E-state index contributed by atoms with van der Waals surface area (Å²) in [5.74, 6) is -1.57. The van der Waals surface area contributed by atoms with Crippen LogP contribution in [0.15, 0.2) is 24.3 Å². The second-order valence-electron chi connectivity index (χ2n) is 7.13. The van der Waals surface area contributed by atoms with E-state index in [-0.39, 0.29) is 43.4 Å². The van der Waals surface area contributed by atoms with Crippen LogP contribution in [0.25, 0.3) is 5.78 Å². The standard InChI is InChI=1S/C20H19F6N5O2/c1-11-15(12(2)31-18(28-11)29-17(30-31)20(24,25)26)7-8-16(32)27-9-10-33-14-5-3-13(4-6-14)19(21,22)23/h3-6H,7-10H2,1-2H3,(H,27,32). The number of benzene rings is 1. The third kappa shape index (κ3) is 5.90. The predicted molar refractivity (Wildman–Crippen MR) is 104 cm³/mol. The van der Waals surface area contributed by atoms with Crippen molar-refractivity contribution in [3.8, 4) is 5.75 Å². The number of rotatable bonds is 7.